The van der Waals surface area contributed by atoms with Gasteiger partial charge in [0.1, 0.15) is 0 Å². The summed E-state index contributed by atoms with van der Waals surface area (Å²) in [6.07, 6.45) is 32.4. The minimum absolute atomic E-state index is 0.00198. The second-order valence-electron chi connectivity index (χ2n) is 28.0. The molecule has 0 N–H and O–H groups in total. The Hall–Kier alpha value is -5.82. The van der Waals surface area contributed by atoms with E-state index in [2.05, 4.69) is 211 Å². The average Bonchev–Trinajstić information content (AvgIpc) is 0.886. The summed E-state index contributed by atoms with van der Waals surface area (Å²) in [7, 11) is 3.03. The van der Waals surface area contributed by atoms with Crippen molar-refractivity contribution in [3.8, 4) is 0 Å². The highest BCUT2D eigenvalue weighted by molar-refractivity contribution is 5.76. The molecule has 0 amide bonds. The molecule has 6 nitrogen and oxygen atoms in total. The van der Waals surface area contributed by atoms with Gasteiger partial charge in [-0.25, -0.2) is 0 Å². The van der Waals surface area contributed by atoms with Crippen LogP contribution in [0, 0.1) is 10.8 Å². The van der Waals surface area contributed by atoms with E-state index in [1.54, 1.807) is 0 Å². The lowest BCUT2D eigenvalue weighted by Gasteiger charge is -2.45. The third kappa shape index (κ3) is 24.3. The van der Waals surface area contributed by atoms with E-state index in [0.29, 0.717) is 32.5 Å². The number of rotatable bonds is 47. The van der Waals surface area contributed by atoms with E-state index in [1.807, 2.05) is 0 Å². The van der Waals surface area contributed by atoms with Crippen LogP contribution in [-0.4, -0.2) is 39.4 Å². The fourth-order valence-electron chi connectivity index (χ4n) is 14.7. The van der Waals surface area contributed by atoms with Gasteiger partial charge in [0.2, 0.25) is 0 Å². The van der Waals surface area contributed by atoms with Crippen LogP contribution in [0.4, 0.5) is 0 Å². The zero-order valence-corrected chi connectivity index (χ0v) is 57.4. The van der Waals surface area contributed by atoms with E-state index in [4.69, 9.17) is 18.9 Å². The normalized spacial score (nSPS) is 13.9. The highest BCUT2D eigenvalue weighted by atomic mass is 16.5. The summed E-state index contributed by atoms with van der Waals surface area (Å²) in [4.78, 5) is 27.8. The Balaban J connectivity index is 1.39. The number of carbonyl (C=O) groups excluding carboxylic acids is 2. The number of carbonyl (C=O) groups is 2. The Bertz CT molecular complexity index is 2860. The SMILES string of the molecule is CCCCCCCCCCCCCOCc1cccc(C(CC(CC(CC(CC(C)(C)C(=O)OC)(c2ccccc2)c2cccc(COCCCCCCCCCCCCC)c2)c2ccccc2)c2ccccc2)(CC(C)(C)CC(=O)OC)c2ccccc2)c1. The number of unbranched alkanes of at least 4 members (excludes halogenated alkanes) is 20. The van der Waals surface area contributed by atoms with Gasteiger partial charge in [-0.05, 0) is 121 Å². The molecule has 6 rings (SSSR count). The Morgan fingerprint density at radius 3 is 1.10 bits per heavy atom. The van der Waals surface area contributed by atoms with E-state index >= 15 is 0 Å². The molecule has 0 heterocycles. The Kier molecular flexibility index (Phi) is 32.7. The minimum atomic E-state index is -0.860. The molecule has 0 fully saturated rings. The van der Waals surface area contributed by atoms with Crippen LogP contribution in [0.2, 0.25) is 0 Å². The van der Waals surface area contributed by atoms with Crippen LogP contribution in [-0.2, 0) is 52.6 Å². The number of hydrogen-bond donors (Lipinski definition) is 0. The first-order valence-corrected chi connectivity index (χ1v) is 35.5. The van der Waals surface area contributed by atoms with Gasteiger partial charge in [-0.3, -0.25) is 9.59 Å². The van der Waals surface area contributed by atoms with Crippen molar-refractivity contribution in [1.29, 1.82) is 0 Å². The highest BCUT2D eigenvalue weighted by Gasteiger charge is 2.47. The van der Waals surface area contributed by atoms with Crippen molar-refractivity contribution < 1.29 is 28.5 Å². The van der Waals surface area contributed by atoms with Crippen LogP contribution in [0.3, 0.4) is 0 Å². The molecule has 0 aromatic heterocycles. The number of ether oxygens (including phenoxy) is 4. The minimum Gasteiger partial charge on any atom is -0.469 e. The smallest absolute Gasteiger partial charge is 0.311 e. The molecular weight excluding hydrogens is 1100 g/mol. The highest BCUT2D eigenvalue weighted by Crippen LogP contribution is 2.55. The molecule has 90 heavy (non-hydrogen) atoms. The second-order valence-corrected chi connectivity index (χ2v) is 28.0. The molecule has 0 saturated heterocycles. The van der Waals surface area contributed by atoms with Crippen molar-refractivity contribution in [1.82, 2.24) is 0 Å². The van der Waals surface area contributed by atoms with Crippen LogP contribution in [0.15, 0.2) is 170 Å². The molecule has 0 aliphatic carbocycles. The molecule has 0 saturated carbocycles. The molecule has 6 aromatic carbocycles. The summed E-state index contributed by atoms with van der Waals surface area (Å²) in [5.74, 6) is -0.416. The predicted molar refractivity (Wildman–Crippen MR) is 377 cm³/mol. The van der Waals surface area contributed by atoms with E-state index in [0.717, 1.165) is 50.0 Å². The molecule has 4 atom stereocenters. The summed E-state index contributed by atoms with van der Waals surface area (Å²) in [6.45, 7) is 15.7. The van der Waals surface area contributed by atoms with Crippen molar-refractivity contribution in [2.24, 2.45) is 10.8 Å². The van der Waals surface area contributed by atoms with Crippen molar-refractivity contribution in [2.45, 2.75) is 257 Å². The summed E-state index contributed by atoms with van der Waals surface area (Å²) in [6, 6.07) is 62.6. The lowest BCUT2D eigenvalue weighted by Crippen LogP contribution is -2.40. The van der Waals surface area contributed by atoms with Gasteiger partial charge in [-0.2, -0.15) is 0 Å². The van der Waals surface area contributed by atoms with Crippen molar-refractivity contribution in [3.05, 3.63) is 214 Å². The van der Waals surface area contributed by atoms with Crippen LogP contribution >= 0.6 is 0 Å². The van der Waals surface area contributed by atoms with Gasteiger partial charge in [-0.15, -0.1) is 0 Å². The van der Waals surface area contributed by atoms with E-state index < -0.39 is 21.7 Å². The van der Waals surface area contributed by atoms with Gasteiger partial charge in [0.15, 0.2) is 0 Å². The molecule has 0 aliphatic rings. The Morgan fingerprint density at radius 2 is 0.733 bits per heavy atom. The van der Waals surface area contributed by atoms with Gasteiger partial charge in [0.25, 0.3) is 0 Å². The Morgan fingerprint density at radius 1 is 0.389 bits per heavy atom. The van der Waals surface area contributed by atoms with Crippen LogP contribution in [0.5, 0.6) is 0 Å². The predicted octanol–water partition coefficient (Wildman–Crippen LogP) is 22.9. The number of hydrogen-bond acceptors (Lipinski definition) is 6. The molecule has 490 valence electrons. The van der Waals surface area contributed by atoms with Crippen molar-refractivity contribution in [2.75, 3.05) is 27.4 Å². The lowest BCUT2D eigenvalue weighted by molar-refractivity contribution is -0.152. The molecule has 0 aliphatic heterocycles. The van der Waals surface area contributed by atoms with Gasteiger partial charge >= 0.3 is 11.9 Å². The summed E-state index contributed by atoms with van der Waals surface area (Å²) < 4.78 is 24.2. The van der Waals surface area contributed by atoms with Crippen LogP contribution in [0.1, 0.15) is 278 Å². The van der Waals surface area contributed by atoms with Gasteiger partial charge in [0.05, 0.1) is 39.3 Å². The number of methoxy groups -OCH3 is 2. The quantitative estimate of drug-likeness (QED) is 0.0280. The number of esters is 2. The van der Waals surface area contributed by atoms with Gasteiger partial charge in [-0.1, -0.05) is 326 Å². The lowest BCUT2D eigenvalue weighted by atomic mass is 9.58. The molecule has 6 aromatic rings. The first kappa shape index (κ1) is 73.2. The van der Waals surface area contributed by atoms with Crippen molar-refractivity contribution >= 4 is 11.9 Å². The first-order valence-electron chi connectivity index (χ1n) is 35.5. The topological polar surface area (TPSA) is 71.1 Å². The fraction of sp³-hybridized carbons (Fsp3) is 0.548. The maximum atomic E-state index is 14.3. The maximum absolute atomic E-state index is 14.3. The van der Waals surface area contributed by atoms with Crippen LogP contribution < -0.4 is 0 Å². The monoisotopic (exact) mass is 1220 g/mol. The molecule has 0 radical (unpaired) electrons. The molecule has 0 bridgehead atoms. The third-order valence-corrected chi connectivity index (χ3v) is 19.3. The zero-order valence-electron chi connectivity index (χ0n) is 57.4. The van der Waals surface area contributed by atoms with E-state index in [-0.39, 0.29) is 30.2 Å². The zero-order chi connectivity index (χ0) is 64.2. The van der Waals surface area contributed by atoms with E-state index in [9.17, 15) is 9.59 Å². The molecule has 0 spiro atoms. The molecule has 4 unspecified atom stereocenters. The Labute approximate surface area is 547 Å². The maximum Gasteiger partial charge on any atom is 0.311 e. The molecular formula is C84H118O6. The third-order valence-electron chi connectivity index (χ3n) is 19.3. The van der Waals surface area contributed by atoms with Crippen molar-refractivity contribution in [3.63, 3.8) is 0 Å². The van der Waals surface area contributed by atoms with Gasteiger partial charge < -0.3 is 18.9 Å². The number of benzene rings is 6. The van der Waals surface area contributed by atoms with E-state index in [1.165, 1.54) is 176 Å². The fourth-order valence-corrected chi connectivity index (χ4v) is 14.7. The largest absolute Gasteiger partial charge is 0.469 e. The average molecular weight is 1220 g/mol. The summed E-state index contributed by atoms with van der Waals surface area (Å²) in [5.41, 5.74) is 7.05. The second kappa shape index (κ2) is 40.2. The molecule has 6 heteroatoms. The standard InChI is InChI=1S/C84H118O6/c1-9-11-13-15-17-19-21-23-25-27-41-57-89-65-69-45-43-55-77(59-69)83(75-51-37-31-38-52-75,67-81(3,4)64-79(85)87-7)62-73(71-47-33-29-34-48-71)61-74(72-49-35-30-36-50-72)63-84(76-53-39-32-40-54-76,68-82(5,6)80(86)88-8)78-56-44-46-70(60-78)66-90-58-42-28-26-24-22-20-18-16-14-12-10-2/h29-40,43-56,59-60,73-74H,9-28,41-42,57-58,61-68H2,1-8H3. The summed E-state index contributed by atoms with van der Waals surface area (Å²) in [5, 5.41) is 0. The van der Waals surface area contributed by atoms with Gasteiger partial charge in [0, 0.05) is 24.0 Å². The summed E-state index contributed by atoms with van der Waals surface area (Å²) >= 11 is 0. The van der Waals surface area contributed by atoms with Crippen LogP contribution in [0.25, 0.3) is 0 Å². The first-order chi connectivity index (χ1) is 43.8.